The van der Waals surface area contributed by atoms with E-state index in [9.17, 15) is 0 Å². The highest BCUT2D eigenvalue weighted by atomic mass is 35.5. The molecule has 0 radical (unpaired) electrons. The molecule has 1 N–H and O–H groups in total. The fourth-order valence-corrected chi connectivity index (χ4v) is 3.97. The number of hydrogen-bond donors (Lipinski definition) is 1. The first kappa shape index (κ1) is 13.6. The molecule has 2 aromatic carbocycles. The molecule has 0 amide bonds. The van der Waals surface area contributed by atoms with E-state index in [1.54, 1.807) is 11.3 Å². The predicted molar refractivity (Wildman–Crippen MR) is 93.3 cm³/mol. The zero-order valence-corrected chi connectivity index (χ0v) is 13.5. The van der Waals surface area contributed by atoms with Gasteiger partial charge >= 0.3 is 0 Å². The van der Waals surface area contributed by atoms with Gasteiger partial charge in [-0.05, 0) is 18.2 Å². The van der Waals surface area contributed by atoms with Crippen LogP contribution < -0.4 is 5.32 Å². The fourth-order valence-electron chi connectivity index (χ4n) is 2.01. The number of anilines is 2. The number of rotatable bonds is 3. The minimum absolute atomic E-state index is 0.713. The van der Waals surface area contributed by atoms with Crippen LogP contribution in [0.3, 0.4) is 0 Å². The van der Waals surface area contributed by atoms with Crippen molar-refractivity contribution in [3.8, 4) is 10.6 Å². The quantitative estimate of drug-likeness (QED) is 0.554. The van der Waals surface area contributed by atoms with Crippen LogP contribution in [0.5, 0.6) is 0 Å². The van der Waals surface area contributed by atoms with Gasteiger partial charge in [0.15, 0.2) is 5.13 Å². The van der Waals surface area contributed by atoms with Gasteiger partial charge in [-0.3, -0.25) is 0 Å². The van der Waals surface area contributed by atoms with E-state index in [0.29, 0.717) is 5.02 Å². The summed E-state index contributed by atoms with van der Waals surface area (Å²) in [5.74, 6) is 0. The van der Waals surface area contributed by atoms with Gasteiger partial charge in [0.25, 0.3) is 0 Å². The van der Waals surface area contributed by atoms with Crippen LogP contribution in [0.15, 0.2) is 48.5 Å². The standard InChI is InChI=1S/C15H9ClN4S2/c16-10-6-7-11-12(8-10)21-14(17-11)18-15-20-19-13(22-15)9-4-2-1-3-5-9/h1-8H,(H,17,18,20). The van der Waals surface area contributed by atoms with Crippen LogP contribution in [0.25, 0.3) is 20.8 Å². The van der Waals surface area contributed by atoms with Crippen molar-refractivity contribution in [2.75, 3.05) is 5.32 Å². The Bertz CT molecular complexity index is 933. The Morgan fingerprint density at radius 1 is 0.909 bits per heavy atom. The van der Waals surface area contributed by atoms with E-state index in [1.807, 2.05) is 48.5 Å². The SMILES string of the molecule is Clc1ccc2nc(Nc3nnc(-c4ccccc4)s3)sc2c1. The maximum atomic E-state index is 6.00. The molecule has 0 aliphatic rings. The minimum atomic E-state index is 0.713. The lowest BCUT2D eigenvalue weighted by molar-refractivity contribution is 1.10. The Labute approximate surface area is 139 Å². The number of aromatic nitrogens is 3. The molecule has 0 aliphatic heterocycles. The fraction of sp³-hybridized carbons (Fsp3) is 0. The first-order valence-electron chi connectivity index (χ1n) is 6.50. The summed E-state index contributed by atoms with van der Waals surface area (Å²) >= 11 is 9.04. The summed E-state index contributed by atoms with van der Waals surface area (Å²) in [7, 11) is 0. The summed E-state index contributed by atoms with van der Waals surface area (Å²) < 4.78 is 1.04. The van der Waals surface area contributed by atoms with E-state index in [2.05, 4.69) is 20.5 Å². The molecule has 2 heterocycles. The van der Waals surface area contributed by atoms with Crippen molar-refractivity contribution in [1.82, 2.24) is 15.2 Å². The van der Waals surface area contributed by atoms with Crippen molar-refractivity contribution in [1.29, 1.82) is 0 Å². The third-order valence-electron chi connectivity index (χ3n) is 3.01. The normalized spacial score (nSPS) is 11.0. The van der Waals surface area contributed by atoms with Crippen molar-refractivity contribution < 1.29 is 0 Å². The summed E-state index contributed by atoms with van der Waals surface area (Å²) in [6.07, 6.45) is 0. The molecule has 4 rings (SSSR count). The van der Waals surface area contributed by atoms with E-state index < -0.39 is 0 Å². The van der Waals surface area contributed by atoms with Gasteiger partial charge in [-0.2, -0.15) is 0 Å². The van der Waals surface area contributed by atoms with Crippen molar-refractivity contribution in [2.24, 2.45) is 0 Å². The first-order valence-corrected chi connectivity index (χ1v) is 8.51. The number of nitrogens with one attached hydrogen (secondary N) is 1. The second-order valence-corrected chi connectivity index (χ2v) is 6.98. The van der Waals surface area contributed by atoms with Crippen LogP contribution in [0.4, 0.5) is 10.3 Å². The van der Waals surface area contributed by atoms with Gasteiger partial charge < -0.3 is 5.32 Å². The van der Waals surface area contributed by atoms with E-state index in [4.69, 9.17) is 11.6 Å². The van der Waals surface area contributed by atoms with Crippen LogP contribution in [0.2, 0.25) is 5.02 Å². The average Bonchev–Trinajstić information content (AvgIpc) is 3.14. The third kappa shape index (κ3) is 2.68. The second kappa shape index (κ2) is 5.64. The molecule has 0 bridgehead atoms. The van der Waals surface area contributed by atoms with Gasteiger partial charge in [0.2, 0.25) is 5.13 Å². The summed E-state index contributed by atoms with van der Waals surface area (Å²) in [4.78, 5) is 4.52. The summed E-state index contributed by atoms with van der Waals surface area (Å²) in [5.41, 5.74) is 1.98. The van der Waals surface area contributed by atoms with Gasteiger partial charge in [0.05, 0.1) is 10.2 Å². The molecule has 4 aromatic rings. The number of fused-ring (bicyclic) bond motifs is 1. The molecule has 4 nitrogen and oxygen atoms in total. The molecule has 0 unspecified atom stereocenters. The van der Waals surface area contributed by atoms with Crippen LogP contribution in [-0.2, 0) is 0 Å². The topological polar surface area (TPSA) is 50.7 Å². The van der Waals surface area contributed by atoms with Gasteiger partial charge in [0, 0.05) is 10.6 Å². The van der Waals surface area contributed by atoms with E-state index in [0.717, 1.165) is 31.1 Å². The monoisotopic (exact) mass is 344 g/mol. The molecule has 0 atom stereocenters. The van der Waals surface area contributed by atoms with Crippen LogP contribution >= 0.6 is 34.3 Å². The van der Waals surface area contributed by atoms with Crippen LogP contribution in [0.1, 0.15) is 0 Å². The van der Waals surface area contributed by atoms with E-state index in [1.165, 1.54) is 11.3 Å². The predicted octanol–water partition coefficient (Wildman–Crippen LogP) is 5.21. The van der Waals surface area contributed by atoms with E-state index in [-0.39, 0.29) is 0 Å². The lowest BCUT2D eigenvalue weighted by atomic mass is 10.2. The first-order chi connectivity index (χ1) is 10.8. The summed E-state index contributed by atoms with van der Waals surface area (Å²) in [6, 6.07) is 15.7. The Balaban J connectivity index is 1.61. The zero-order valence-electron chi connectivity index (χ0n) is 11.2. The summed E-state index contributed by atoms with van der Waals surface area (Å²) in [5, 5.41) is 14.7. The minimum Gasteiger partial charge on any atom is -0.306 e. The molecular formula is C15H9ClN4S2. The number of thiazole rings is 1. The highest BCUT2D eigenvalue weighted by molar-refractivity contribution is 7.23. The Morgan fingerprint density at radius 3 is 2.64 bits per heavy atom. The maximum Gasteiger partial charge on any atom is 0.212 e. The molecule has 0 fully saturated rings. The second-order valence-electron chi connectivity index (χ2n) is 4.53. The largest absolute Gasteiger partial charge is 0.306 e. The Kier molecular flexibility index (Phi) is 3.49. The average molecular weight is 345 g/mol. The highest BCUT2D eigenvalue weighted by Crippen LogP contribution is 2.32. The molecule has 0 aliphatic carbocycles. The van der Waals surface area contributed by atoms with Crippen molar-refractivity contribution in [3.05, 3.63) is 53.6 Å². The Morgan fingerprint density at radius 2 is 1.77 bits per heavy atom. The molecule has 22 heavy (non-hydrogen) atoms. The van der Waals surface area contributed by atoms with Gasteiger partial charge in [0.1, 0.15) is 5.01 Å². The zero-order chi connectivity index (χ0) is 14.9. The van der Waals surface area contributed by atoms with Crippen molar-refractivity contribution in [3.63, 3.8) is 0 Å². The molecule has 0 spiro atoms. The highest BCUT2D eigenvalue weighted by Gasteiger charge is 2.09. The van der Waals surface area contributed by atoms with Crippen molar-refractivity contribution in [2.45, 2.75) is 0 Å². The smallest absolute Gasteiger partial charge is 0.212 e. The molecule has 2 aromatic heterocycles. The van der Waals surface area contributed by atoms with Gasteiger partial charge in [-0.15, -0.1) is 10.2 Å². The Hall–Kier alpha value is -2.02. The lowest BCUT2D eigenvalue weighted by Crippen LogP contribution is -1.87. The van der Waals surface area contributed by atoms with Crippen LogP contribution in [0, 0.1) is 0 Å². The van der Waals surface area contributed by atoms with Gasteiger partial charge in [-0.25, -0.2) is 4.98 Å². The lowest BCUT2D eigenvalue weighted by Gasteiger charge is -1.94. The number of benzene rings is 2. The van der Waals surface area contributed by atoms with Crippen LogP contribution in [-0.4, -0.2) is 15.2 Å². The molecule has 108 valence electrons. The number of halogens is 1. The molecule has 0 saturated carbocycles. The molecular weight excluding hydrogens is 336 g/mol. The number of nitrogens with zero attached hydrogens (tertiary/aromatic N) is 3. The molecule has 0 saturated heterocycles. The van der Waals surface area contributed by atoms with Crippen molar-refractivity contribution >= 4 is 54.8 Å². The third-order valence-corrected chi connectivity index (χ3v) is 5.07. The maximum absolute atomic E-state index is 6.00. The molecule has 7 heteroatoms. The van der Waals surface area contributed by atoms with E-state index >= 15 is 0 Å². The number of hydrogen-bond acceptors (Lipinski definition) is 6. The summed E-state index contributed by atoms with van der Waals surface area (Å²) in [6.45, 7) is 0. The van der Waals surface area contributed by atoms with Gasteiger partial charge in [-0.1, -0.05) is 64.6 Å².